The summed E-state index contributed by atoms with van der Waals surface area (Å²) in [5.41, 5.74) is 0. The van der Waals surface area contributed by atoms with Gasteiger partial charge < -0.3 is 4.55 Å². The molecule has 0 aliphatic heterocycles. The summed E-state index contributed by atoms with van der Waals surface area (Å²) < 4.78 is 33.8. The van der Waals surface area contributed by atoms with Gasteiger partial charge >= 0.3 is 0 Å². The molecule has 0 spiro atoms. The van der Waals surface area contributed by atoms with Crippen LogP contribution in [0.1, 0.15) is 13.8 Å². The van der Waals surface area contributed by atoms with Crippen LogP contribution in [0.25, 0.3) is 0 Å². The van der Waals surface area contributed by atoms with Crippen molar-refractivity contribution in [2.45, 2.75) is 30.0 Å². The number of nitrogens with zero attached hydrogens (tertiary/aromatic N) is 8. The van der Waals surface area contributed by atoms with E-state index in [9.17, 15) is 13.0 Å². The highest BCUT2D eigenvalue weighted by atomic mass is 32.2. The van der Waals surface area contributed by atoms with Crippen LogP contribution in [-0.4, -0.2) is 64.9 Å². The van der Waals surface area contributed by atoms with Crippen molar-refractivity contribution >= 4 is 33.6 Å². The molecule has 2 heterocycles. The van der Waals surface area contributed by atoms with Gasteiger partial charge in [-0.05, 0) is 32.4 Å². The third-order valence-electron chi connectivity index (χ3n) is 1.91. The number of tetrazole rings is 2. The minimum absolute atomic E-state index is 0.335. The van der Waals surface area contributed by atoms with Crippen molar-refractivity contribution in [2.75, 3.05) is 11.5 Å². The standard InChI is InChI=1S/C4H8N4O3S2.C4H8N4S/c1-2-12-4-5-6-7-8(4)3-13(9,10)11;1-3-9-4-5-6-7-8(4)2/h2-3H2,1H3,(H,9,10,11);3H2,1-2H3/p-1. The van der Waals surface area contributed by atoms with Gasteiger partial charge in [0, 0.05) is 7.05 Å². The summed E-state index contributed by atoms with van der Waals surface area (Å²) in [6.45, 7) is 3.94. The van der Waals surface area contributed by atoms with E-state index in [1.54, 1.807) is 16.4 Å². The summed E-state index contributed by atoms with van der Waals surface area (Å²) >= 11 is 2.91. The van der Waals surface area contributed by atoms with Gasteiger partial charge in [-0.25, -0.2) is 17.8 Å². The number of hydrogen-bond acceptors (Lipinski definition) is 11. The van der Waals surface area contributed by atoms with Crippen LogP contribution in [0.2, 0.25) is 0 Å². The highest BCUT2D eigenvalue weighted by molar-refractivity contribution is 7.99. The molecule has 0 fully saturated rings. The maximum absolute atomic E-state index is 10.4. The van der Waals surface area contributed by atoms with Crippen molar-refractivity contribution in [3.8, 4) is 0 Å². The summed E-state index contributed by atoms with van der Waals surface area (Å²) in [4.78, 5) is 0. The van der Waals surface area contributed by atoms with E-state index in [1.165, 1.54) is 11.8 Å². The minimum atomic E-state index is -4.33. The molecule has 0 radical (unpaired) electrons. The summed E-state index contributed by atoms with van der Waals surface area (Å²) in [6.07, 6.45) is 0. The minimum Gasteiger partial charge on any atom is -0.747 e. The van der Waals surface area contributed by atoms with Gasteiger partial charge in [-0.1, -0.05) is 37.4 Å². The summed E-state index contributed by atoms with van der Waals surface area (Å²) in [7, 11) is -2.50. The average Bonchev–Trinajstić information content (AvgIpc) is 3.00. The zero-order valence-electron chi connectivity index (χ0n) is 12.1. The Kier molecular flexibility index (Phi) is 7.70. The van der Waals surface area contributed by atoms with Gasteiger partial charge in [0.05, 0.1) is 0 Å². The van der Waals surface area contributed by atoms with Crippen LogP contribution in [0.15, 0.2) is 10.3 Å². The highest BCUT2D eigenvalue weighted by Crippen LogP contribution is 2.12. The molecule has 14 heteroatoms. The molecular weight excluding hydrogens is 352 g/mol. The first kappa shape index (κ1) is 18.8. The van der Waals surface area contributed by atoms with Gasteiger partial charge in [0.2, 0.25) is 10.3 Å². The van der Waals surface area contributed by atoms with E-state index < -0.39 is 16.0 Å². The molecule has 0 amide bonds. The van der Waals surface area contributed by atoms with Crippen LogP contribution in [0.5, 0.6) is 0 Å². The Morgan fingerprint density at radius 1 is 1.05 bits per heavy atom. The van der Waals surface area contributed by atoms with Gasteiger partial charge in [-0.3, -0.25) is 0 Å². The van der Waals surface area contributed by atoms with Crippen molar-refractivity contribution < 1.29 is 13.0 Å². The fourth-order valence-electron chi connectivity index (χ4n) is 1.13. The molecule has 0 atom stereocenters. The molecule has 124 valence electrons. The first-order valence-corrected chi connectivity index (χ1v) is 9.59. The Bertz CT molecular complexity index is 670. The molecule has 0 saturated heterocycles. The SMILES string of the molecule is CCSc1nnnn1C.CCSc1nnnn1CS(=O)(=O)[O-]. The van der Waals surface area contributed by atoms with E-state index in [2.05, 4.69) is 38.0 Å². The lowest BCUT2D eigenvalue weighted by molar-refractivity contribution is 0.442. The Hall–Kier alpha value is -1.25. The molecule has 2 aromatic rings. The molecule has 0 N–H and O–H groups in total. The van der Waals surface area contributed by atoms with Crippen LogP contribution in [0.4, 0.5) is 0 Å². The number of thioether (sulfide) groups is 2. The van der Waals surface area contributed by atoms with Gasteiger partial charge in [0.15, 0.2) is 0 Å². The Balaban J connectivity index is 0.000000235. The number of hydrogen-bond donors (Lipinski definition) is 0. The van der Waals surface area contributed by atoms with Crippen molar-refractivity contribution in [2.24, 2.45) is 7.05 Å². The van der Waals surface area contributed by atoms with E-state index in [4.69, 9.17) is 0 Å². The van der Waals surface area contributed by atoms with E-state index in [0.29, 0.717) is 10.9 Å². The second kappa shape index (κ2) is 9.02. The van der Waals surface area contributed by atoms with Crippen molar-refractivity contribution in [1.82, 2.24) is 40.4 Å². The second-order valence-electron chi connectivity index (χ2n) is 3.60. The largest absolute Gasteiger partial charge is 0.747 e. The summed E-state index contributed by atoms with van der Waals surface area (Å²) in [6, 6.07) is 0. The van der Waals surface area contributed by atoms with E-state index in [0.717, 1.165) is 15.6 Å². The lowest BCUT2D eigenvalue weighted by atomic mass is 11.0. The molecule has 2 aromatic heterocycles. The highest BCUT2D eigenvalue weighted by Gasteiger charge is 2.07. The summed E-state index contributed by atoms with van der Waals surface area (Å²) in [5, 5.41) is 22.3. The second-order valence-corrected chi connectivity index (χ2v) is 7.43. The molecule has 0 aromatic carbocycles. The Morgan fingerprint density at radius 3 is 2.09 bits per heavy atom. The number of aryl methyl sites for hydroxylation is 1. The topological polar surface area (TPSA) is 144 Å². The van der Waals surface area contributed by atoms with Crippen molar-refractivity contribution in [3.05, 3.63) is 0 Å². The van der Waals surface area contributed by atoms with Crippen LogP contribution >= 0.6 is 23.5 Å². The number of aromatic nitrogens is 8. The summed E-state index contributed by atoms with van der Waals surface area (Å²) in [5.74, 6) is 0.996. The van der Waals surface area contributed by atoms with Crippen LogP contribution in [0, 0.1) is 0 Å². The van der Waals surface area contributed by atoms with Gasteiger partial charge in [0.1, 0.15) is 16.0 Å². The zero-order chi connectivity index (χ0) is 16.6. The smallest absolute Gasteiger partial charge is 0.210 e. The fourth-order valence-corrected chi connectivity index (χ4v) is 2.87. The molecule has 0 aliphatic carbocycles. The maximum atomic E-state index is 10.4. The average molecular weight is 367 g/mol. The third-order valence-corrected chi connectivity index (χ3v) is 4.20. The first-order chi connectivity index (χ1) is 10.4. The Morgan fingerprint density at radius 2 is 1.59 bits per heavy atom. The van der Waals surface area contributed by atoms with E-state index in [1.807, 2.05) is 14.0 Å². The quantitative estimate of drug-likeness (QED) is 0.486. The monoisotopic (exact) mass is 367 g/mol. The van der Waals surface area contributed by atoms with Gasteiger partial charge in [-0.15, -0.1) is 10.2 Å². The molecule has 22 heavy (non-hydrogen) atoms. The van der Waals surface area contributed by atoms with Crippen molar-refractivity contribution in [1.29, 1.82) is 0 Å². The lowest BCUT2D eigenvalue weighted by Crippen LogP contribution is -2.12. The maximum Gasteiger partial charge on any atom is 0.210 e. The molecule has 0 bridgehead atoms. The predicted octanol–water partition coefficient (Wildman–Crippen LogP) is -0.390. The fraction of sp³-hybridized carbons (Fsp3) is 0.750. The Labute approximate surface area is 136 Å². The predicted molar refractivity (Wildman–Crippen MR) is 79.1 cm³/mol. The number of rotatable bonds is 6. The normalized spacial score (nSPS) is 11.1. The van der Waals surface area contributed by atoms with Crippen LogP contribution in [-0.2, 0) is 23.0 Å². The zero-order valence-corrected chi connectivity index (χ0v) is 14.6. The first-order valence-electron chi connectivity index (χ1n) is 6.05. The van der Waals surface area contributed by atoms with Gasteiger partial charge in [0.25, 0.3) is 0 Å². The van der Waals surface area contributed by atoms with E-state index >= 15 is 0 Å². The van der Waals surface area contributed by atoms with Gasteiger partial charge in [-0.2, -0.15) is 0 Å². The molecule has 0 aliphatic rings. The van der Waals surface area contributed by atoms with E-state index in [-0.39, 0.29) is 0 Å². The van der Waals surface area contributed by atoms with Crippen LogP contribution < -0.4 is 0 Å². The van der Waals surface area contributed by atoms with Crippen LogP contribution in [0.3, 0.4) is 0 Å². The molecule has 0 unspecified atom stereocenters. The third kappa shape index (κ3) is 6.67. The molecule has 2 rings (SSSR count). The molecule has 11 nitrogen and oxygen atoms in total. The molecular formula is C8H15N8O3S3-. The molecule has 0 saturated carbocycles. The van der Waals surface area contributed by atoms with Crippen molar-refractivity contribution in [3.63, 3.8) is 0 Å². The lowest BCUT2D eigenvalue weighted by Gasteiger charge is -2.06.